The van der Waals surface area contributed by atoms with Gasteiger partial charge in [0.2, 0.25) is 0 Å². The van der Waals surface area contributed by atoms with Gasteiger partial charge in [-0.05, 0) is 12.8 Å². The molecule has 0 spiro atoms. The first-order chi connectivity index (χ1) is 6.73. The van der Waals surface area contributed by atoms with Crippen molar-refractivity contribution in [3.8, 4) is 0 Å². The molecule has 1 aliphatic carbocycles. The van der Waals surface area contributed by atoms with Gasteiger partial charge in [0.1, 0.15) is 0 Å². The van der Waals surface area contributed by atoms with Crippen molar-refractivity contribution in [2.45, 2.75) is 50.7 Å². The zero-order chi connectivity index (χ0) is 11.7. The Balaban J connectivity index is 2.80. The molecule has 15 heavy (non-hydrogen) atoms. The van der Waals surface area contributed by atoms with Gasteiger partial charge in [0.05, 0.1) is 0 Å². The van der Waals surface area contributed by atoms with Crippen molar-refractivity contribution >= 4 is 0 Å². The van der Waals surface area contributed by atoms with Gasteiger partial charge in [0, 0.05) is 6.04 Å². The van der Waals surface area contributed by atoms with E-state index in [1.807, 2.05) is 0 Å². The van der Waals surface area contributed by atoms with Crippen LogP contribution in [-0.4, -0.2) is 23.5 Å². The van der Waals surface area contributed by atoms with Crippen molar-refractivity contribution in [1.82, 2.24) is 4.90 Å². The Bertz CT molecular complexity index is 188. The molecule has 7 heteroatoms. The van der Waals surface area contributed by atoms with Crippen LogP contribution in [0.4, 0.5) is 26.3 Å². The SMILES string of the molecule is FC(F)(F)N(C1CCCCC1)C(F)(F)F. The molecule has 0 unspecified atom stereocenters. The molecular formula is C8H11F6N. The molecule has 0 radical (unpaired) electrons. The molecule has 1 aliphatic rings. The molecule has 0 saturated heterocycles. The third kappa shape index (κ3) is 3.25. The fourth-order valence-corrected chi connectivity index (χ4v) is 1.90. The van der Waals surface area contributed by atoms with Crippen LogP contribution < -0.4 is 0 Å². The molecule has 90 valence electrons. The summed E-state index contributed by atoms with van der Waals surface area (Å²) in [6.07, 6.45) is -9.20. The van der Waals surface area contributed by atoms with E-state index >= 15 is 0 Å². The van der Waals surface area contributed by atoms with Gasteiger partial charge in [0.15, 0.2) is 0 Å². The minimum Gasteiger partial charge on any atom is -0.155 e. The van der Waals surface area contributed by atoms with Gasteiger partial charge in [-0.15, -0.1) is 4.90 Å². The molecule has 1 rings (SSSR count). The summed E-state index contributed by atoms with van der Waals surface area (Å²) in [5, 5.41) is 0. The Morgan fingerprint density at radius 2 is 1.13 bits per heavy atom. The van der Waals surface area contributed by atoms with Gasteiger partial charge in [-0.2, -0.15) is 26.3 Å². The average molecular weight is 235 g/mol. The minimum atomic E-state index is -5.33. The van der Waals surface area contributed by atoms with Crippen LogP contribution in [-0.2, 0) is 0 Å². The number of rotatable bonds is 1. The van der Waals surface area contributed by atoms with Crippen LogP contribution in [0.2, 0.25) is 0 Å². The predicted molar refractivity (Wildman–Crippen MR) is 40.8 cm³/mol. The number of alkyl halides is 6. The maximum atomic E-state index is 12.2. The third-order valence-corrected chi connectivity index (χ3v) is 2.49. The van der Waals surface area contributed by atoms with Crippen molar-refractivity contribution < 1.29 is 26.3 Å². The van der Waals surface area contributed by atoms with E-state index in [9.17, 15) is 26.3 Å². The van der Waals surface area contributed by atoms with Gasteiger partial charge in [-0.1, -0.05) is 19.3 Å². The summed E-state index contributed by atoms with van der Waals surface area (Å²) >= 11 is 0. The van der Waals surface area contributed by atoms with Crippen LogP contribution in [0.3, 0.4) is 0 Å². The quantitative estimate of drug-likeness (QED) is 0.495. The van der Waals surface area contributed by atoms with Crippen LogP contribution in [0, 0.1) is 0 Å². The second kappa shape index (κ2) is 4.19. The molecule has 0 aromatic heterocycles. The van der Waals surface area contributed by atoms with Gasteiger partial charge in [-0.3, -0.25) is 0 Å². The number of nitrogens with zero attached hydrogens (tertiary/aromatic N) is 1. The molecule has 0 N–H and O–H groups in total. The monoisotopic (exact) mass is 235 g/mol. The number of halogens is 6. The molecule has 0 aromatic carbocycles. The minimum absolute atomic E-state index is 0.0426. The fourth-order valence-electron chi connectivity index (χ4n) is 1.90. The molecular weight excluding hydrogens is 224 g/mol. The molecule has 0 bridgehead atoms. The van der Waals surface area contributed by atoms with Crippen LogP contribution in [0.25, 0.3) is 0 Å². The first-order valence-electron chi connectivity index (χ1n) is 4.66. The van der Waals surface area contributed by atoms with Gasteiger partial charge in [0.25, 0.3) is 0 Å². The summed E-state index contributed by atoms with van der Waals surface area (Å²) in [6.45, 7) is 0. The summed E-state index contributed by atoms with van der Waals surface area (Å²) < 4.78 is 73.2. The predicted octanol–water partition coefficient (Wildman–Crippen LogP) is 3.66. The second-order valence-corrected chi connectivity index (χ2v) is 3.60. The van der Waals surface area contributed by atoms with Crippen molar-refractivity contribution in [3.05, 3.63) is 0 Å². The first-order valence-corrected chi connectivity index (χ1v) is 4.66. The normalized spacial score (nSPS) is 21.0. The molecule has 0 amide bonds. The summed E-state index contributed by atoms with van der Waals surface area (Å²) in [6, 6.07) is -1.45. The fraction of sp³-hybridized carbons (Fsp3) is 1.00. The first kappa shape index (κ1) is 12.6. The van der Waals surface area contributed by atoms with E-state index in [1.54, 1.807) is 0 Å². The topological polar surface area (TPSA) is 3.24 Å². The van der Waals surface area contributed by atoms with Crippen molar-refractivity contribution in [3.63, 3.8) is 0 Å². The Kier molecular flexibility index (Phi) is 3.52. The summed E-state index contributed by atoms with van der Waals surface area (Å²) in [5.74, 6) is 0. The average Bonchev–Trinajstić information content (AvgIpc) is 2.00. The molecule has 0 heterocycles. The van der Waals surface area contributed by atoms with Crippen molar-refractivity contribution in [1.29, 1.82) is 0 Å². The lowest BCUT2D eigenvalue weighted by atomic mass is 9.94. The van der Waals surface area contributed by atoms with Gasteiger partial charge in [-0.25, -0.2) is 0 Å². The van der Waals surface area contributed by atoms with E-state index in [2.05, 4.69) is 0 Å². The van der Waals surface area contributed by atoms with Crippen molar-refractivity contribution in [2.24, 2.45) is 0 Å². The standard InChI is InChI=1S/C8H11F6N/c9-7(10,11)15(8(12,13)14)6-4-2-1-3-5-6/h6H,1-5H2. The van der Waals surface area contributed by atoms with Crippen LogP contribution in [0.15, 0.2) is 0 Å². The highest BCUT2D eigenvalue weighted by atomic mass is 19.4. The van der Waals surface area contributed by atoms with Crippen LogP contribution in [0.1, 0.15) is 32.1 Å². The highest BCUT2D eigenvalue weighted by molar-refractivity contribution is 4.79. The van der Waals surface area contributed by atoms with Crippen molar-refractivity contribution in [2.75, 3.05) is 0 Å². The smallest absolute Gasteiger partial charge is 0.155 e. The highest BCUT2D eigenvalue weighted by Crippen LogP contribution is 2.39. The summed E-state index contributed by atoms with van der Waals surface area (Å²) in [4.78, 5) is -1.26. The largest absolute Gasteiger partial charge is 0.467 e. The maximum absolute atomic E-state index is 12.2. The molecule has 0 aromatic rings. The van der Waals surface area contributed by atoms with Gasteiger partial charge < -0.3 is 0 Å². The zero-order valence-electron chi connectivity index (χ0n) is 7.83. The third-order valence-electron chi connectivity index (χ3n) is 2.49. The lowest BCUT2D eigenvalue weighted by molar-refractivity contribution is -0.386. The molecule has 1 saturated carbocycles. The van der Waals surface area contributed by atoms with E-state index in [-0.39, 0.29) is 12.8 Å². The van der Waals surface area contributed by atoms with E-state index < -0.39 is 23.5 Å². The van der Waals surface area contributed by atoms with E-state index in [4.69, 9.17) is 0 Å². The summed E-state index contributed by atoms with van der Waals surface area (Å²) in [7, 11) is 0. The molecule has 1 fully saturated rings. The van der Waals surface area contributed by atoms with Crippen LogP contribution in [0.5, 0.6) is 0 Å². The number of hydrogen-bond donors (Lipinski definition) is 0. The number of hydrogen-bond acceptors (Lipinski definition) is 1. The summed E-state index contributed by atoms with van der Waals surface area (Å²) in [5.41, 5.74) is 0. The zero-order valence-corrected chi connectivity index (χ0v) is 7.83. The highest BCUT2D eigenvalue weighted by Gasteiger charge is 2.56. The van der Waals surface area contributed by atoms with Gasteiger partial charge >= 0.3 is 12.6 Å². The lowest BCUT2D eigenvalue weighted by Gasteiger charge is -2.36. The molecule has 1 nitrogen and oxygen atoms in total. The lowest BCUT2D eigenvalue weighted by Crippen LogP contribution is -2.54. The van der Waals surface area contributed by atoms with Crippen LogP contribution >= 0.6 is 0 Å². The Morgan fingerprint density at radius 1 is 0.733 bits per heavy atom. The van der Waals surface area contributed by atoms with E-state index in [0.29, 0.717) is 19.3 Å². The molecule has 0 aliphatic heterocycles. The maximum Gasteiger partial charge on any atom is 0.467 e. The van der Waals surface area contributed by atoms with E-state index in [1.165, 1.54) is 0 Å². The Labute approximate surface area is 83.0 Å². The molecule has 0 atom stereocenters. The Hall–Kier alpha value is -0.460. The Morgan fingerprint density at radius 3 is 1.47 bits per heavy atom. The van der Waals surface area contributed by atoms with E-state index in [0.717, 1.165) is 0 Å². The second-order valence-electron chi connectivity index (χ2n) is 3.60.